The van der Waals surface area contributed by atoms with Crippen molar-refractivity contribution in [2.24, 2.45) is 0 Å². The van der Waals surface area contributed by atoms with Crippen LogP contribution in [0, 0.1) is 0 Å². The second-order valence-corrected chi connectivity index (χ2v) is 6.61. The summed E-state index contributed by atoms with van der Waals surface area (Å²) in [7, 11) is 0. The average molecular weight is 375 g/mol. The zero-order valence-corrected chi connectivity index (χ0v) is 16.3. The van der Waals surface area contributed by atoms with Gasteiger partial charge in [-0.15, -0.1) is 0 Å². The Bertz CT molecular complexity index is 665. The molecule has 0 heterocycles. The van der Waals surface area contributed by atoms with Gasteiger partial charge in [-0.3, -0.25) is 4.79 Å². The number of nitrogens with zero attached hydrogens (tertiary/aromatic N) is 1. The van der Waals surface area contributed by atoms with Gasteiger partial charge in [0.25, 0.3) is 0 Å². The second-order valence-electron chi connectivity index (χ2n) is 6.17. The van der Waals surface area contributed by atoms with E-state index >= 15 is 0 Å². The predicted octanol–water partition coefficient (Wildman–Crippen LogP) is 4.98. The minimum Gasteiger partial charge on any atom is -0.489 e. The van der Waals surface area contributed by atoms with Crippen LogP contribution in [0.15, 0.2) is 48.5 Å². The second kappa shape index (κ2) is 10.7. The summed E-state index contributed by atoms with van der Waals surface area (Å²) in [5, 5.41) is 3.91. The topological polar surface area (TPSA) is 41.6 Å². The van der Waals surface area contributed by atoms with E-state index in [4.69, 9.17) is 16.3 Å². The molecule has 0 aliphatic carbocycles. The highest BCUT2D eigenvalue weighted by atomic mass is 35.5. The number of hydrogen-bond acceptors (Lipinski definition) is 3. The highest BCUT2D eigenvalue weighted by Gasteiger charge is 2.11. The lowest BCUT2D eigenvalue weighted by atomic mass is 10.2. The molecule has 1 N–H and O–H groups in total. The third-order valence-corrected chi connectivity index (χ3v) is 4.21. The van der Waals surface area contributed by atoms with E-state index in [1.165, 1.54) is 0 Å². The number of hydrogen-bond donors (Lipinski definition) is 1. The minimum atomic E-state index is 0.136. The molecular weight excluding hydrogens is 348 g/mol. The van der Waals surface area contributed by atoms with Crippen molar-refractivity contribution >= 4 is 23.2 Å². The summed E-state index contributed by atoms with van der Waals surface area (Å²) >= 11 is 5.88. The number of nitrogens with one attached hydrogen (secondary N) is 1. The van der Waals surface area contributed by atoms with Crippen LogP contribution < -0.4 is 10.1 Å². The Morgan fingerprint density at radius 2 is 1.62 bits per heavy atom. The fourth-order valence-corrected chi connectivity index (χ4v) is 2.73. The summed E-state index contributed by atoms with van der Waals surface area (Å²) in [5.74, 6) is 0.923. The van der Waals surface area contributed by atoms with Crippen molar-refractivity contribution in [3.8, 4) is 5.75 Å². The summed E-state index contributed by atoms with van der Waals surface area (Å²) in [6, 6.07) is 15.2. The van der Waals surface area contributed by atoms with Gasteiger partial charge in [-0.05, 0) is 54.8 Å². The van der Waals surface area contributed by atoms with Gasteiger partial charge < -0.3 is 15.0 Å². The molecule has 0 unspecified atom stereocenters. The number of anilines is 1. The Kier molecular flexibility index (Phi) is 8.29. The lowest BCUT2D eigenvalue weighted by molar-refractivity contribution is -0.129. The largest absolute Gasteiger partial charge is 0.489 e. The molecule has 1 amide bonds. The first kappa shape index (κ1) is 20.1. The first-order valence-corrected chi connectivity index (χ1v) is 9.49. The van der Waals surface area contributed by atoms with Crippen molar-refractivity contribution in [1.82, 2.24) is 4.90 Å². The summed E-state index contributed by atoms with van der Waals surface area (Å²) in [5.41, 5.74) is 1.97. The number of halogens is 1. The van der Waals surface area contributed by atoms with Crippen LogP contribution in [-0.2, 0) is 11.4 Å². The number of carbonyl (C=O) groups is 1. The first-order chi connectivity index (χ1) is 12.6. The fourth-order valence-electron chi connectivity index (χ4n) is 2.61. The molecule has 2 aromatic rings. The van der Waals surface area contributed by atoms with Crippen molar-refractivity contribution < 1.29 is 9.53 Å². The standard InChI is InChI=1S/C21H27ClN2O2/c1-3-13-24(14-4-2)21(25)15-23-19-9-11-20(12-10-19)26-16-17-5-7-18(22)8-6-17/h5-12,23H,3-4,13-16H2,1-2H3. The van der Waals surface area contributed by atoms with Crippen LogP contribution in [0.1, 0.15) is 32.3 Å². The summed E-state index contributed by atoms with van der Waals surface area (Å²) in [6.07, 6.45) is 1.96. The summed E-state index contributed by atoms with van der Waals surface area (Å²) in [4.78, 5) is 14.2. The van der Waals surface area contributed by atoms with Crippen LogP contribution >= 0.6 is 11.6 Å². The Hall–Kier alpha value is -2.20. The molecule has 0 fully saturated rings. The molecule has 4 nitrogen and oxygen atoms in total. The molecule has 0 aliphatic heterocycles. The Morgan fingerprint density at radius 3 is 2.19 bits per heavy atom. The Labute approximate surface area is 161 Å². The summed E-state index contributed by atoms with van der Waals surface area (Å²) in [6.45, 7) is 6.60. The van der Waals surface area contributed by atoms with Crippen molar-refractivity contribution in [3.05, 3.63) is 59.1 Å². The maximum Gasteiger partial charge on any atom is 0.241 e. The van der Waals surface area contributed by atoms with E-state index in [9.17, 15) is 4.79 Å². The van der Waals surface area contributed by atoms with Crippen LogP contribution in [0.4, 0.5) is 5.69 Å². The van der Waals surface area contributed by atoms with Crippen molar-refractivity contribution in [1.29, 1.82) is 0 Å². The summed E-state index contributed by atoms with van der Waals surface area (Å²) < 4.78 is 5.77. The Morgan fingerprint density at radius 1 is 1.00 bits per heavy atom. The smallest absolute Gasteiger partial charge is 0.241 e. The Balaban J connectivity index is 1.81. The van der Waals surface area contributed by atoms with Gasteiger partial charge in [-0.25, -0.2) is 0 Å². The molecule has 0 aromatic heterocycles. The number of carbonyl (C=O) groups excluding carboxylic acids is 1. The van der Waals surface area contributed by atoms with Crippen LogP contribution in [0.2, 0.25) is 5.02 Å². The number of rotatable bonds is 10. The highest BCUT2D eigenvalue weighted by molar-refractivity contribution is 6.30. The zero-order chi connectivity index (χ0) is 18.8. The first-order valence-electron chi connectivity index (χ1n) is 9.11. The molecule has 0 saturated carbocycles. The van der Waals surface area contributed by atoms with Crippen LogP contribution in [-0.4, -0.2) is 30.4 Å². The third kappa shape index (κ3) is 6.60. The lowest BCUT2D eigenvalue weighted by Gasteiger charge is -2.21. The van der Waals surface area contributed by atoms with Gasteiger partial charge in [-0.1, -0.05) is 37.6 Å². The van der Waals surface area contributed by atoms with E-state index < -0.39 is 0 Å². The van der Waals surface area contributed by atoms with E-state index in [0.29, 0.717) is 13.2 Å². The van der Waals surface area contributed by atoms with Crippen LogP contribution in [0.3, 0.4) is 0 Å². The molecule has 0 aliphatic rings. The normalized spacial score (nSPS) is 10.4. The zero-order valence-electron chi connectivity index (χ0n) is 15.5. The predicted molar refractivity (Wildman–Crippen MR) is 108 cm³/mol. The van der Waals surface area contributed by atoms with Gasteiger partial charge in [0.1, 0.15) is 12.4 Å². The van der Waals surface area contributed by atoms with Gasteiger partial charge in [-0.2, -0.15) is 0 Å². The number of benzene rings is 2. The third-order valence-electron chi connectivity index (χ3n) is 3.96. The van der Waals surface area contributed by atoms with Crippen molar-refractivity contribution in [2.45, 2.75) is 33.3 Å². The molecule has 2 rings (SSSR count). The molecular formula is C21H27ClN2O2. The molecule has 5 heteroatoms. The maximum absolute atomic E-state index is 12.3. The monoisotopic (exact) mass is 374 g/mol. The van der Waals surface area contributed by atoms with Gasteiger partial charge in [0.15, 0.2) is 0 Å². The fraction of sp³-hybridized carbons (Fsp3) is 0.381. The van der Waals surface area contributed by atoms with Crippen molar-refractivity contribution in [2.75, 3.05) is 25.0 Å². The van der Waals surface area contributed by atoms with Gasteiger partial charge in [0.2, 0.25) is 5.91 Å². The van der Waals surface area contributed by atoms with Gasteiger partial charge in [0.05, 0.1) is 6.54 Å². The van der Waals surface area contributed by atoms with Crippen LogP contribution in [0.5, 0.6) is 5.75 Å². The highest BCUT2D eigenvalue weighted by Crippen LogP contribution is 2.18. The molecule has 0 radical (unpaired) electrons. The van der Waals surface area contributed by atoms with E-state index in [2.05, 4.69) is 19.2 Å². The van der Waals surface area contributed by atoms with E-state index in [0.717, 1.165) is 48.0 Å². The minimum absolute atomic E-state index is 0.136. The molecule has 0 bridgehead atoms. The molecule has 0 spiro atoms. The molecule has 0 saturated heterocycles. The van der Waals surface area contributed by atoms with E-state index in [1.807, 2.05) is 53.4 Å². The van der Waals surface area contributed by atoms with E-state index in [1.54, 1.807) is 0 Å². The lowest BCUT2D eigenvalue weighted by Crippen LogP contribution is -2.36. The van der Waals surface area contributed by atoms with Crippen LogP contribution in [0.25, 0.3) is 0 Å². The SMILES string of the molecule is CCCN(CCC)C(=O)CNc1ccc(OCc2ccc(Cl)cc2)cc1. The number of amides is 1. The van der Waals surface area contributed by atoms with Gasteiger partial charge >= 0.3 is 0 Å². The maximum atomic E-state index is 12.3. The van der Waals surface area contributed by atoms with Crippen molar-refractivity contribution in [3.63, 3.8) is 0 Å². The number of ether oxygens (including phenoxy) is 1. The average Bonchev–Trinajstić information content (AvgIpc) is 2.66. The van der Waals surface area contributed by atoms with E-state index in [-0.39, 0.29) is 5.91 Å². The van der Waals surface area contributed by atoms with Gasteiger partial charge in [0, 0.05) is 23.8 Å². The molecule has 26 heavy (non-hydrogen) atoms. The molecule has 2 aromatic carbocycles. The molecule has 140 valence electrons. The molecule has 0 atom stereocenters. The quantitative estimate of drug-likeness (QED) is 0.637.